The number of carbonyl (C=O) groups is 1. The number of hydrogen-bond acceptors (Lipinski definition) is 5. The number of hydrogen-bond donors (Lipinski definition) is 2. The Bertz CT molecular complexity index is 1050. The summed E-state index contributed by atoms with van der Waals surface area (Å²) in [5.41, 5.74) is 8.57. The Morgan fingerprint density at radius 3 is 2.86 bits per heavy atom. The highest BCUT2D eigenvalue weighted by molar-refractivity contribution is 5.91. The lowest BCUT2D eigenvalue weighted by molar-refractivity contribution is -0.0246. The van der Waals surface area contributed by atoms with Gasteiger partial charge in [-0.15, -0.1) is 0 Å². The number of anilines is 1. The van der Waals surface area contributed by atoms with Crippen LogP contribution < -0.4 is 11.1 Å². The van der Waals surface area contributed by atoms with Crippen molar-refractivity contribution in [2.24, 2.45) is 5.73 Å². The number of aromatic nitrogens is 3. The molecule has 2 amide bonds. The lowest BCUT2D eigenvalue weighted by atomic mass is 9.97. The van der Waals surface area contributed by atoms with Gasteiger partial charge in [0.15, 0.2) is 0 Å². The van der Waals surface area contributed by atoms with Gasteiger partial charge in [-0.1, -0.05) is 0 Å². The first-order valence-electron chi connectivity index (χ1n) is 9.08. The van der Waals surface area contributed by atoms with Crippen molar-refractivity contribution in [3.8, 4) is 5.82 Å². The molecular formula is C20H23N5O3. The van der Waals surface area contributed by atoms with Crippen LogP contribution in [-0.2, 0) is 15.1 Å². The van der Waals surface area contributed by atoms with Crippen molar-refractivity contribution in [3.05, 3.63) is 47.4 Å². The normalized spacial score (nSPS) is 19.2. The molecule has 0 radical (unpaired) electrons. The molecular weight excluding hydrogens is 358 g/mol. The maximum atomic E-state index is 11.2. The molecule has 3 aromatic heterocycles. The van der Waals surface area contributed by atoms with Crippen LogP contribution in [-0.4, -0.2) is 40.9 Å². The van der Waals surface area contributed by atoms with Crippen molar-refractivity contribution in [3.63, 3.8) is 0 Å². The van der Waals surface area contributed by atoms with E-state index in [1.54, 1.807) is 19.4 Å². The zero-order chi connectivity index (χ0) is 19.9. The number of aryl methyl sites for hydroxylation is 2. The molecule has 3 N–H and O–H groups in total. The summed E-state index contributed by atoms with van der Waals surface area (Å²) in [4.78, 5) is 20.4. The van der Waals surface area contributed by atoms with Gasteiger partial charge in [-0.3, -0.25) is 5.32 Å². The molecule has 4 heterocycles. The summed E-state index contributed by atoms with van der Waals surface area (Å²) in [5, 5.41) is 3.50. The van der Waals surface area contributed by atoms with Gasteiger partial charge in [-0.05, 0) is 37.1 Å². The van der Waals surface area contributed by atoms with Gasteiger partial charge < -0.3 is 19.8 Å². The van der Waals surface area contributed by atoms with E-state index < -0.39 is 11.6 Å². The first-order valence-corrected chi connectivity index (χ1v) is 9.08. The molecule has 0 spiro atoms. The standard InChI is InChI=1S/C20H23N5O3/c1-12-6-16(20(27-3)4-5-28-11-20)23-18(7-12)25-10-13(2)14-9-22-17(8-15(14)25)24-19(21)26/h6-10H,4-5,11H2,1-3H3,(H3,21,22,24,26)/t20-/m0/s1. The number of amides is 2. The summed E-state index contributed by atoms with van der Waals surface area (Å²) >= 11 is 0. The summed E-state index contributed by atoms with van der Waals surface area (Å²) in [6.07, 6.45) is 4.50. The van der Waals surface area contributed by atoms with Crippen molar-refractivity contribution >= 4 is 22.8 Å². The molecule has 0 aromatic carbocycles. The summed E-state index contributed by atoms with van der Waals surface area (Å²) in [5.74, 6) is 1.16. The van der Waals surface area contributed by atoms with E-state index in [9.17, 15) is 4.79 Å². The second-order valence-corrected chi connectivity index (χ2v) is 7.15. The minimum Gasteiger partial charge on any atom is -0.378 e. The van der Waals surface area contributed by atoms with Gasteiger partial charge in [0, 0.05) is 44.0 Å². The number of primary amides is 1. The van der Waals surface area contributed by atoms with Crippen LogP contribution >= 0.6 is 0 Å². The Morgan fingerprint density at radius 2 is 2.18 bits per heavy atom. The molecule has 28 heavy (non-hydrogen) atoms. The van der Waals surface area contributed by atoms with Gasteiger partial charge in [-0.2, -0.15) is 0 Å². The fraction of sp³-hybridized carbons (Fsp3) is 0.350. The highest BCUT2D eigenvalue weighted by Gasteiger charge is 2.38. The van der Waals surface area contributed by atoms with Crippen LogP contribution in [0.3, 0.4) is 0 Å². The zero-order valence-electron chi connectivity index (χ0n) is 16.2. The first-order chi connectivity index (χ1) is 13.4. The van der Waals surface area contributed by atoms with E-state index in [0.29, 0.717) is 19.0 Å². The smallest absolute Gasteiger partial charge is 0.317 e. The van der Waals surface area contributed by atoms with Gasteiger partial charge in [0.05, 0.1) is 17.8 Å². The average Bonchev–Trinajstić information content (AvgIpc) is 3.26. The monoisotopic (exact) mass is 381 g/mol. The molecule has 1 saturated heterocycles. The van der Waals surface area contributed by atoms with Crippen LogP contribution in [0.4, 0.5) is 10.6 Å². The van der Waals surface area contributed by atoms with E-state index in [1.165, 1.54) is 0 Å². The third-order valence-electron chi connectivity index (χ3n) is 5.19. The predicted molar refractivity (Wildman–Crippen MR) is 106 cm³/mol. The Hall–Kier alpha value is -2.97. The lowest BCUT2D eigenvalue weighted by Crippen LogP contribution is -2.30. The largest absolute Gasteiger partial charge is 0.378 e. The topological polar surface area (TPSA) is 104 Å². The van der Waals surface area contributed by atoms with Crippen molar-refractivity contribution in [1.29, 1.82) is 0 Å². The quantitative estimate of drug-likeness (QED) is 0.723. The Morgan fingerprint density at radius 1 is 1.36 bits per heavy atom. The number of nitrogens with one attached hydrogen (secondary N) is 1. The number of carbonyl (C=O) groups excluding carboxylic acids is 1. The van der Waals surface area contributed by atoms with Crippen molar-refractivity contribution < 1.29 is 14.3 Å². The minimum absolute atomic E-state index is 0.393. The van der Waals surface area contributed by atoms with Crippen LogP contribution in [0.5, 0.6) is 0 Å². The number of fused-ring (bicyclic) bond motifs is 1. The molecule has 0 bridgehead atoms. The highest BCUT2D eigenvalue weighted by atomic mass is 16.5. The van der Waals surface area contributed by atoms with Crippen LogP contribution in [0.25, 0.3) is 16.7 Å². The Kier molecular flexibility index (Phi) is 4.52. The second-order valence-electron chi connectivity index (χ2n) is 7.15. The maximum Gasteiger partial charge on any atom is 0.317 e. The molecule has 0 unspecified atom stereocenters. The number of ether oxygens (including phenoxy) is 2. The zero-order valence-corrected chi connectivity index (χ0v) is 16.2. The highest BCUT2D eigenvalue weighted by Crippen LogP contribution is 2.34. The lowest BCUT2D eigenvalue weighted by Gasteiger charge is -2.26. The van der Waals surface area contributed by atoms with Crippen molar-refractivity contribution in [2.75, 3.05) is 25.6 Å². The van der Waals surface area contributed by atoms with Crippen LogP contribution in [0, 0.1) is 13.8 Å². The molecule has 1 aliphatic heterocycles. The third-order valence-corrected chi connectivity index (χ3v) is 5.19. The van der Waals surface area contributed by atoms with E-state index in [-0.39, 0.29) is 0 Å². The summed E-state index contributed by atoms with van der Waals surface area (Å²) in [6.45, 7) is 5.19. The van der Waals surface area contributed by atoms with Crippen molar-refractivity contribution in [1.82, 2.24) is 14.5 Å². The molecule has 146 valence electrons. The number of methoxy groups -OCH3 is 1. The molecule has 0 aliphatic carbocycles. The molecule has 4 rings (SSSR count). The second kappa shape index (κ2) is 6.88. The molecule has 1 fully saturated rings. The number of nitrogens with zero attached hydrogens (tertiary/aromatic N) is 3. The molecule has 1 aliphatic rings. The number of nitrogens with two attached hydrogens (primary N) is 1. The number of urea groups is 1. The maximum absolute atomic E-state index is 11.2. The fourth-order valence-electron chi connectivity index (χ4n) is 3.68. The molecule has 3 aromatic rings. The fourth-order valence-corrected chi connectivity index (χ4v) is 3.68. The van der Waals surface area contributed by atoms with Gasteiger partial charge in [-0.25, -0.2) is 14.8 Å². The summed E-state index contributed by atoms with van der Waals surface area (Å²) < 4.78 is 13.4. The minimum atomic E-state index is -0.652. The van der Waals surface area contributed by atoms with E-state index in [2.05, 4.69) is 10.3 Å². The Balaban J connectivity index is 1.87. The number of pyridine rings is 2. The van der Waals surface area contributed by atoms with Gasteiger partial charge in [0.1, 0.15) is 17.2 Å². The van der Waals surface area contributed by atoms with Crippen LogP contribution in [0.1, 0.15) is 23.2 Å². The summed E-state index contributed by atoms with van der Waals surface area (Å²) in [6, 6.07) is 5.20. The van der Waals surface area contributed by atoms with Crippen LogP contribution in [0.15, 0.2) is 30.6 Å². The molecule has 1 atom stereocenters. The van der Waals surface area contributed by atoms with Crippen LogP contribution in [0.2, 0.25) is 0 Å². The SMILES string of the molecule is CO[C@@]1(c2cc(C)cc(-n3cc(C)c4cnc(NC(N)=O)cc43)n2)CCOC1. The summed E-state index contributed by atoms with van der Waals surface area (Å²) in [7, 11) is 1.70. The number of rotatable bonds is 4. The van der Waals surface area contributed by atoms with E-state index in [1.807, 2.05) is 36.7 Å². The molecule has 8 nitrogen and oxygen atoms in total. The van der Waals surface area contributed by atoms with E-state index in [4.69, 9.17) is 20.2 Å². The van der Waals surface area contributed by atoms with E-state index >= 15 is 0 Å². The molecule has 8 heteroatoms. The van der Waals surface area contributed by atoms with Gasteiger partial charge in [0.2, 0.25) is 0 Å². The van der Waals surface area contributed by atoms with Gasteiger partial charge in [0.25, 0.3) is 0 Å². The first kappa shape index (κ1) is 18.4. The Labute approximate surface area is 162 Å². The predicted octanol–water partition coefficient (Wildman–Crippen LogP) is 2.79. The van der Waals surface area contributed by atoms with Crippen molar-refractivity contribution in [2.45, 2.75) is 25.9 Å². The third kappa shape index (κ3) is 3.10. The van der Waals surface area contributed by atoms with Gasteiger partial charge >= 0.3 is 6.03 Å². The average molecular weight is 381 g/mol. The van der Waals surface area contributed by atoms with E-state index in [0.717, 1.165) is 40.0 Å². The molecule has 0 saturated carbocycles.